The van der Waals surface area contributed by atoms with Crippen LogP contribution in [0.1, 0.15) is 86.3 Å². The Bertz CT molecular complexity index is 1130. The van der Waals surface area contributed by atoms with Crippen LogP contribution in [-0.4, -0.2) is 25.0 Å². The van der Waals surface area contributed by atoms with Crippen molar-refractivity contribution in [2.45, 2.75) is 71.1 Å². The molecule has 35 heavy (non-hydrogen) atoms. The van der Waals surface area contributed by atoms with Gasteiger partial charge in [0.2, 0.25) is 0 Å². The molecule has 0 saturated heterocycles. The van der Waals surface area contributed by atoms with Crippen LogP contribution in [0.4, 0.5) is 8.78 Å². The van der Waals surface area contributed by atoms with E-state index in [-0.39, 0.29) is 10.8 Å². The van der Waals surface area contributed by atoms with Crippen molar-refractivity contribution in [2.75, 3.05) is 13.2 Å². The van der Waals surface area contributed by atoms with Crippen LogP contribution in [-0.2, 0) is 21.4 Å². The first-order chi connectivity index (χ1) is 16.5. The van der Waals surface area contributed by atoms with Gasteiger partial charge in [0.25, 0.3) is 5.91 Å². The van der Waals surface area contributed by atoms with Gasteiger partial charge in [-0.3, -0.25) is 4.79 Å². The van der Waals surface area contributed by atoms with E-state index in [9.17, 15) is 18.4 Å². The van der Waals surface area contributed by atoms with Crippen molar-refractivity contribution >= 4 is 11.9 Å². The van der Waals surface area contributed by atoms with E-state index < -0.39 is 35.7 Å². The fourth-order valence-corrected chi connectivity index (χ4v) is 6.43. The second kappa shape index (κ2) is 9.71. The highest BCUT2D eigenvalue weighted by molar-refractivity contribution is 5.91. The molecule has 1 saturated carbocycles. The number of benzene rings is 2. The van der Waals surface area contributed by atoms with E-state index in [1.165, 1.54) is 16.7 Å². The Labute approximate surface area is 206 Å². The zero-order chi connectivity index (χ0) is 25.4. The maximum atomic E-state index is 13.8. The Morgan fingerprint density at radius 2 is 1.89 bits per heavy atom. The Morgan fingerprint density at radius 1 is 1.11 bits per heavy atom. The van der Waals surface area contributed by atoms with Gasteiger partial charge in [0.1, 0.15) is 11.6 Å². The lowest BCUT2D eigenvalue weighted by Gasteiger charge is -2.55. The molecule has 0 spiro atoms. The van der Waals surface area contributed by atoms with E-state index in [1.54, 1.807) is 0 Å². The molecule has 1 N–H and O–H groups in total. The fraction of sp³-hybridized carbons (Fsp3) is 0.517. The van der Waals surface area contributed by atoms with Gasteiger partial charge in [0, 0.05) is 12.6 Å². The number of nitrogens with one attached hydrogen (secondary N) is 1. The molecule has 1 fully saturated rings. The zero-order valence-electron chi connectivity index (χ0n) is 21.0. The average molecular weight is 484 g/mol. The molecule has 0 aliphatic heterocycles. The highest BCUT2D eigenvalue weighted by Gasteiger charge is 2.51. The summed E-state index contributed by atoms with van der Waals surface area (Å²) in [5, 5.41) is 2.95. The van der Waals surface area contributed by atoms with Crippen LogP contribution < -0.4 is 5.32 Å². The molecule has 2 aliphatic carbocycles. The Hall–Kier alpha value is -2.76. The Balaban J connectivity index is 1.40. The minimum atomic E-state index is -1.01. The number of carbonyl (C=O) groups excluding carboxylic acids is 2. The first-order valence-electron chi connectivity index (χ1n) is 12.6. The summed E-state index contributed by atoms with van der Waals surface area (Å²) in [6.07, 6.45) is 5.37. The van der Waals surface area contributed by atoms with Gasteiger partial charge in [-0.25, -0.2) is 13.6 Å². The van der Waals surface area contributed by atoms with E-state index in [1.807, 2.05) is 0 Å². The van der Waals surface area contributed by atoms with Gasteiger partial charge in [-0.1, -0.05) is 52.3 Å². The number of rotatable bonds is 6. The van der Waals surface area contributed by atoms with Crippen LogP contribution in [0.25, 0.3) is 0 Å². The smallest absolute Gasteiger partial charge is 0.341 e. The minimum absolute atomic E-state index is 0.0629. The number of esters is 1. The molecular weight excluding hydrogens is 448 g/mol. The van der Waals surface area contributed by atoms with Gasteiger partial charge in [-0.05, 0) is 77.2 Å². The lowest BCUT2D eigenvalue weighted by molar-refractivity contribution is -0.125. The van der Waals surface area contributed by atoms with E-state index >= 15 is 0 Å². The van der Waals surface area contributed by atoms with E-state index in [0.717, 1.165) is 44.2 Å². The number of ether oxygens (including phenoxy) is 1. The quantitative estimate of drug-likeness (QED) is 0.507. The van der Waals surface area contributed by atoms with Gasteiger partial charge in [0.05, 0.1) is 5.56 Å². The van der Waals surface area contributed by atoms with E-state index in [2.05, 4.69) is 51.2 Å². The zero-order valence-corrected chi connectivity index (χ0v) is 21.0. The molecule has 6 heteroatoms. The van der Waals surface area contributed by atoms with Crippen LogP contribution in [0, 0.1) is 23.0 Å². The molecule has 0 bridgehead atoms. The van der Waals surface area contributed by atoms with E-state index in [4.69, 9.17) is 4.74 Å². The van der Waals surface area contributed by atoms with Crippen molar-refractivity contribution in [2.24, 2.45) is 11.3 Å². The maximum absolute atomic E-state index is 13.8. The van der Waals surface area contributed by atoms with Crippen molar-refractivity contribution < 1.29 is 23.1 Å². The molecular formula is C29H35F2NO3. The molecule has 3 unspecified atom stereocenters. The number of amides is 1. The molecule has 2 aliphatic rings. The van der Waals surface area contributed by atoms with Crippen molar-refractivity contribution in [3.63, 3.8) is 0 Å². The van der Waals surface area contributed by atoms with Gasteiger partial charge >= 0.3 is 5.97 Å². The first-order valence-corrected chi connectivity index (χ1v) is 12.6. The van der Waals surface area contributed by atoms with Gasteiger partial charge in [-0.2, -0.15) is 0 Å². The Morgan fingerprint density at radius 3 is 2.60 bits per heavy atom. The highest BCUT2D eigenvalue weighted by Crippen LogP contribution is 2.57. The third-order valence-electron chi connectivity index (χ3n) is 8.34. The second-order valence-corrected chi connectivity index (χ2v) is 11.1. The summed E-state index contributed by atoms with van der Waals surface area (Å²) in [6.45, 7) is 9.07. The van der Waals surface area contributed by atoms with Crippen LogP contribution in [0.15, 0.2) is 36.4 Å². The third kappa shape index (κ3) is 4.98. The summed E-state index contributed by atoms with van der Waals surface area (Å²) in [7, 11) is 0. The largest absolute Gasteiger partial charge is 0.452 e. The predicted octanol–water partition coefficient (Wildman–Crippen LogP) is 6.07. The number of fused-ring (bicyclic) bond motifs is 3. The van der Waals surface area contributed by atoms with Crippen molar-refractivity contribution in [3.05, 3.63) is 70.3 Å². The maximum Gasteiger partial charge on any atom is 0.341 e. The Kier molecular flexibility index (Phi) is 7.03. The molecule has 188 valence electrons. The summed E-state index contributed by atoms with van der Waals surface area (Å²) < 4.78 is 31.8. The predicted molar refractivity (Wildman–Crippen MR) is 131 cm³/mol. The SMILES string of the molecule is CC(C)c1ccc2c(c1)CCC1C(C)(CNC(=O)COC(=O)c3ccc(F)cc3F)CCCC21C. The van der Waals surface area contributed by atoms with Crippen LogP contribution in [0.3, 0.4) is 0 Å². The monoisotopic (exact) mass is 483 g/mol. The standard InChI is InChI=1S/C29H35F2NO3/c1-18(2)19-6-10-23-20(14-19)7-11-25-28(3,12-5-13-29(23,25)4)17-32-26(33)16-35-27(34)22-9-8-21(30)15-24(22)31/h6,8-10,14-15,18,25H,5,7,11-13,16-17H2,1-4H3,(H,32,33). The molecule has 1 amide bonds. The van der Waals surface area contributed by atoms with Crippen LogP contribution in [0.5, 0.6) is 0 Å². The summed E-state index contributed by atoms with van der Waals surface area (Å²) in [4.78, 5) is 24.6. The number of aryl methyl sites for hydroxylation is 1. The molecule has 0 aromatic heterocycles. The lowest BCUT2D eigenvalue weighted by Crippen LogP contribution is -2.53. The third-order valence-corrected chi connectivity index (χ3v) is 8.34. The fourth-order valence-electron chi connectivity index (χ4n) is 6.43. The highest BCUT2D eigenvalue weighted by atomic mass is 19.1. The number of halogens is 2. The molecule has 2 aromatic carbocycles. The van der Waals surface area contributed by atoms with Crippen molar-refractivity contribution in [1.29, 1.82) is 0 Å². The van der Waals surface area contributed by atoms with Crippen molar-refractivity contribution in [1.82, 2.24) is 5.32 Å². The summed E-state index contributed by atoms with van der Waals surface area (Å²) in [5.41, 5.74) is 3.88. The van der Waals surface area contributed by atoms with E-state index in [0.29, 0.717) is 24.4 Å². The summed E-state index contributed by atoms with van der Waals surface area (Å²) in [6, 6.07) is 9.59. The number of carbonyl (C=O) groups is 2. The molecule has 0 radical (unpaired) electrons. The lowest BCUT2D eigenvalue weighted by atomic mass is 9.49. The van der Waals surface area contributed by atoms with Gasteiger partial charge in [0.15, 0.2) is 6.61 Å². The normalized spacial score (nSPS) is 25.5. The minimum Gasteiger partial charge on any atom is -0.452 e. The van der Waals surface area contributed by atoms with Gasteiger partial charge < -0.3 is 10.1 Å². The first kappa shape index (κ1) is 25.3. The topological polar surface area (TPSA) is 55.4 Å². The molecule has 4 nitrogen and oxygen atoms in total. The molecule has 0 heterocycles. The average Bonchev–Trinajstić information content (AvgIpc) is 2.81. The molecule has 3 atom stereocenters. The van der Waals surface area contributed by atoms with Gasteiger partial charge in [-0.15, -0.1) is 0 Å². The molecule has 4 rings (SSSR count). The summed E-state index contributed by atoms with van der Waals surface area (Å²) in [5.74, 6) is -2.27. The second-order valence-electron chi connectivity index (χ2n) is 11.1. The number of hydrogen-bond acceptors (Lipinski definition) is 3. The molecule has 2 aromatic rings. The van der Waals surface area contributed by atoms with Crippen molar-refractivity contribution in [3.8, 4) is 0 Å². The summed E-state index contributed by atoms with van der Waals surface area (Å²) >= 11 is 0. The van der Waals surface area contributed by atoms with Crippen LogP contribution in [0.2, 0.25) is 0 Å². The number of hydrogen-bond donors (Lipinski definition) is 1. The van der Waals surface area contributed by atoms with Crippen LogP contribution >= 0.6 is 0 Å².